The van der Waals surface area contributed by atoms with Gasteiger partial charge in [-0.2, -0.15) is 0 Å². The van der Waals surface area contributed by atoms with Crippen LogP contribution in [0, 0.1) is 6.92 Å². The Balaban J connectivity index is 1.89. The van der Waals surface area contributed by atoms with Crippen LogP contribution < -0.4 is 10.6 Å². The Hall–Kier alpha value is -1.98. The van der Waals surface area contributed by atoms with Gasteiger partial charge in [0.1, 0.15) is 0 Å². The van der Waals surface area contributed by atoms with Crippen molar-refractivity contribution in [3.63, 3.8) is 0 Å². The molecule has 0 aromatic heterocycles. The quantitative estimate of drug-likeness (QED) is 0.796. The molecule has 0 radical (unpaired) electrons. The number of carbonyl (C=O) groups is 2. The SMILES string of the molecule is CC(=O)Nc1cccc(NC(=O)CSCc2cccc(Cl)c2)c1C. The van der Waals surface area contributed by atoms with Gasteiger partial charge in [-0.25, -0.2) is 0 Å². The average Bonchev–Trinajstić information content (AvgIpc) is 2.51. The Kier molecular flexibility index (Phi) is 6.70. The summed E-state index contributed by atoms with van der Waals surface area (Å²) in [6.07, 6.45) is 0. The lowest BCUT2D eigenvalue weighted by molar-refractivity contribution is -0.114. The van der Waals surface area contributed by atoms with E-state index in [2.05, 4.69) is 10.6 Å². The van der Waals surface area contributed by atoms with Crippen molar-refractivity contribution in [2.45, 2.75) is 19.6 Å². The molecule has 2 aromatic rings. The van der Waals surface area contributed by atoms with Crippen LogP contribution in [0.2, 0.25) is 5.02 Å². The molecule has 0 aliphatic rings. The van der Waals surface area contributed by atoms with E-state index >= 15 is 0 Å². The van der Waals surface area contributed by atoms with E-state index < -0.39 is 0 Å². The number of benzene rings is 2. The van der Waals surface area contributed by atoms with Gasteiger partial charge >= 0.3 is 0 Å². The van der Waals surface area contributed by atoms with Crippen LogP contribution in [0.4, 0.5) is 11.4 Å². The molecule has 126 valence electrons. The summed E-state index contributed by atoms with van der Waals surface area (Å²) in [5.74, 6) is 0.846. The Bertz CT molecular complexity index is 750. The monoisotopic (exact) mass is 362 g/mol. The fourth-order valence-electron chi connectivity index (χ4n) is 2.17. The zero-order valence-corrected chi connectivity index (χ0v) is 15.1. The molecule has 24 heavy (non-hydrogen) atoms. The van der Waals surface area contributed by atoms with E-state index in [4.69, 9.17) is 11.6 Å². The second kappa shape index (κ2) is 8.76. The number of anilines is 2. The van der Waals surface area contributed by atoms with Crippen molar-refractivity contribution in [2.75, 3.05) is 16.4 Å². The van der Waals surface area contributed by atoms with E-state index in [1.54, 1.807) is 12.1 Å². The van der Waals surface area contributed by atoms with Gasteiger partial charge in [0.25, 0.3) is 0 Å². The van der Waals surface area contributed by atoms with E-state index in [0.717, 1.165) is 16.9 Å². The second-order valence-corrected chi connectivity index (χ2v) is 6.75. The van der Waals surface area contributed by atoms with E-state index in [1.165, 1.54) is 18.7 Å². The summed E-state index contributed by atoms with van der Waals surface area (Å²) in [4.78, 5) is 23.3. The molecule has 0 atom stereocenters. The first-order chi connectivity index (χ1) is 11.5. The van der Waals surface area contributed by atoms with Crippen LogP contribution in [0.25, 0.3) is 0 Å². The maximum atomic E-state index is 12.1. The summed E-state index contributed by atoms with van der Waals surface area (Å²) in [6, 6.07) is 13.0. The van der Waals surface area contributed by atoms with Gasteiger partial charge in [-0.15, -0.1) is 11.8 Å². The minimum absolute atomic E-state index is 0.0786. The molecular formula is C18H19ClN2O2S. The predicted molar refractivity (Wildman–Crippen MR) is 102 cm³/mol. The third kappa shape index (κ3) is 5.58. The normalized spacial score (nSPS) is 10.3. The van der Waals surface area contributed by atoms with E-state index in [1.807, 2.05) is 37.3 Å². The first-order valence-corrected chi connectivity index (χ1v) is 8.98. The smallest absolute Gasteiger partial charge is 0.234 e. The highest BCUT2D eigenvalue weighted by Gasteiger charge is 2.09. The maximum absolute atomic E-state index is 12.1. The topological polar surface area (TPSA) is 58.2 Å². The molecule has 0 spiro atoms. The molecule has 0 unspecified atom stereocenters. The minimum Gasteiger partial charge on any atom is -0.326 e. The van der Waals surface area contributed by atoms with E-state index in [9.17, 15) is 9.59 Å². The lowest BCUT2D eigenvalue weighted by Crippen LogP contribution is -2.16. The number of hydrogen-bond acceptors (Lipinski definition) is 3. The number of rotatable bonds is 6. The predicted octanol–water partition coefficient (Wildman–Crippen LogP) is 4.48. The zero-order valence-electron chi connectivity index (χ0n) is 13.6. The second-order valence-electron chi connectivity index (χ2n) is 5.33. The van der Waals surface area contributed by atoms with Gasteiger partial charge in [0.15, 0.2) is 0 Å². The maximum Gasteiger partial charge on any atom is 0.234 e. The average molecular weight is 363 g/mol. The van der Waals surface area contributed by atoms with Crippen LogP contribution in [0.3, 0.4) is 0 Å². The highest BCUT2D eigenvalue weighted by Crippen LogP contribution is 2.24. The molecule has 2 amide bonds. The summed E-state index contributed by atoms with van der Waals surface area (Å²) in [6.45, 7) is 3.32. The minimum atomic E-state index is -0.140. The first kappa shape index (κ1) is 18.4. The third-order valence-corrected chi connectivity index (χ3v) is 4.55. The van der Waals surface area contributed by atoms with Gasteiger partial charge in [0.2, 0.25) is 11.8 Å². The summed E-state index contributed by atoms with van der Waals surface area (Å²) in [5, 5.41) is 6.33. The first-order valence-electron chi connectivity index (χ1n) is 7.45. The van der Waals surface area contributed by atoms with Gasteiger partial charge in [0, 0.05) is 29.1 Å². The van der Waals surface area contributed by atoms with Gasteiger partial charge < -0.3 is 10.6 Å². The number of carbonyl (C=O) groups excluding carboxylic acids is 2. The van der Waals surface area contributed by atoms with Crippen LogP contribution in [-0.2, 0) is 15.3 Å². The molecule has 2 rings (SSSR count). The van der Waals surface area contributed by atoms with E-state index in [-0.39, 0.29) is 11.8 Å². The Labute approximate surface area is 151 Å². The van der Waals surface area contributed by atoms with Crippen LogP contribution >= 0.6 is 23.4 Å². The number of thioether (sulfide) groups is 1. The van der Waals surface area contributed by atoms with Crippen molar-refractivity contribution in [1.29, 1.82) is 0 Å². The van der Waals surface area contributed by atoms with Gasteiger partial charge in [0.05, 0.1) is 5.75 Å². The standard InChI is InChI=1S/C18H19ClN2O2S/c1-12-16(20-13(2)22)7-4-8-17(12)21-18(23)11-24-10-14-5-3-6-15(19)9-14/h3-9H,10-11H2,1-2H3,(H,20,22)(H,21,23). The van der Waals surface area contributed by atoms with Crippen LogP contribution in [0.5, 0.6) is 0 Å². The van der Waals surface area contributed by atoms with Crippen LogP contribution in [0.15, 0.2) is 42.5 Å². The molecule has 0 fully saturated rings. The van der Waals surface area contributed by atoms with Crippen molar-refractivity contribution in [2.24, 2.45) is 0 Å². The molecule has 6 heteroatoms. The largest absolute Gasteiger partial charge is 0.326 e. The van der Waals surface area contributed by atoms with Gasteiger partial charge in [-0.1, -0.05) is 29.8 Å². The summed E-state index contributed by atoms with van der Waals surface area (Å²) >= 11 is 7.47. The van der Waals surface area contributed by atoms with Crippen LogP contribution in [-0.4, -0.2) is 17.6 Å². The lowest BCUT2D eigenvalue weighted by Gasteiger charge is -2.12. The van der Waals surface area contributed by atoms with E-state index in [0.29, 0.717) is 22.2 Å². The Morgan fingerprint density at radius 2 is 1.75 bits per heavy atom. The van der Waals surface area contributed by atoms with Gasteiger partial charge in [-0.05, 0) is 42.3 Å². The molecule has 2 N–H and O–H groups in total. The molecule has 0 heterocycles. The molecule has 0 saturated heterocycles. The van der Waals surface area contributed by atoms with Crippen molar-refractivity contribution < 1.29 is 9.59 Å². The van der Waals surface area contributed by atoms with Gasteiger partial charge in [-0.3, -0.25) is 9.59 Å². The van der Waals surface area contributed by atoms with Crippen molar-refractivity contribution >= 4 is 46.6 Å². The fourth-order valence-corrected chi connectivity index (χ4v) is 3.16. The molecule has 4 nitrogen and oxygen atoms in total. The number of nitrogens with one attached hydrogen (secondary N) is 2. The molecular weight excluding hydrogens is 344 g/mol. The zero-order chi connectivity index (χ0) is 17.5. The molecule has 0 aliphatic heterocycles. The third-order valence-electron chi connectivity index (χ3n) is 3.31. The number of amides is 2. The lowest BCUT2D eigenvalue weighted by atomic mass is 10.1. The molecule has 2 aromatic carbocycles. The summed E-state index contributed by atoms with van der Waals surface area (Å²) in [7, 11) is 0. The van der Waals surface area contributed by atoms with Crippen LogP contribution in [0.1, 0.15) is 18.1 Å². The summed E-state index contributed by atoms with van der Waals surface area (Å²) in [5.41, 5.74) is 3.33. The van der Waals surface area contributed by atoms with Crippen molar-refractivity contribution in [1.82, 2.24) is 0 Å². The number of halogens is 1. The Morgan fingerprint density at radius 3 is 2.42 bits per heavy atom. The number of hydrogen-bond donors (Lipinski definition) is 2. The van der Waals surface area contributed by atoms with Crippen molar-refractivity contribution in [3.05, 3.63) is 58.6 Å². The molecule has 0 saturated carbocycles. The highest BCUT2D eigenvalue weighted by atomic mass is 35.5. The van der Waals surface area contributed by atoms with Crippen molar-refractivity contribution in [3.8, 4) is 0 Å². The Morgan fingerprint density at radius 1 is 1.08 bits per heavy atom. The highest BCUT2D eigenvalue weighted by molar-refractivity contribution is 7.99. The molecule has 0 aliphatic carbocycles. The molecule has 0 bridgehead atoms. The fraction of sp³-hybridized carbons (Fsp3) is 0.222. The summed E-state index contributed by atoms with van der Waals surface area (Å²) < 4.78 is 0.